The van der Waals surface area contributed by atoms with Crippen LogP contribution < -0.4 is 10.6 Å². The zero-order valence-electron chi connectivity index (χ0n) is 13.7. The Hall–Kier alpha value is -2.14. The first-order chi connectivity index (χ1) is 11.6. The van der Waals surface area contributed by atoms with Crippen molar-refractivity contribution in [2.24, 2.45) is 11.7 Å². The molecule has 126 valence electrons. The van der Waals surface area contributed by atoms with Crippen LogP contribution in [0.2, 0.25) is 5.15 Å². The summed E-state index contributed by atoms with van der Waals surface area (Å²) in [5, 5.41) is 8.20. The van der Waals surface area contributed by atoms with E-state index in [1.165, 1.54) is 11.6 Å². The van der Waals surface area contributed by atoms with E-state index in [1.807, 2.05) is 6.07 Å². The van der Waals surface area contributed by atoms with Gasteiger partial charge in [-0.3, -0.25) is 4.79 Å². The van der Waals surface area contributed by atoms with Gasteiger partial charge in [-0.25, -0.2) is 0 Å². The molecule has 1 aromatic heterocycles. The number of nitrogens with zero attached hydrogens (tertiary/aromatic N) is 3. The summed E-state index contributed by atoms with van der Waals surface area (Å²) in [5.41, 5.74) is 7.20. The van der Waals surface area contributed by atoms with Gasteiger partial charge in [0.15, 0.2) is 11.0 Å². The predicted molar refractivity (Wildman–Crippen MR) is 95.4 cm³/mol. The molecule has 0 spiro atoms. The zero-order valence-corrected chi connectivity index (χ0v) is 14.4. The fourth-order valence-corrected chi connectivity index (χ4v) is 3.70. The molecule has 2 atom stereocenters. The van der Waals surface area contributed by atoms with Crippen molar-refractivity contribution in [1.82, 2.24) is 10.2 Å². The Kier molecular flexibility index (Phi) is 5.00. The van der Waals surface area contributed by atoms with Crippen molar-refractivity contribution in [2.75, 3.05) is 18.0 Å². The van der Waals surface area contributed by atoms with Gasteiger partial charge in [-0.1, -0.05) is 55.3 Å². The lowest BCUT2D eigenvalue weighted by atomic mass is 9.79. The smallest absolute Gasteiger partial charge is 0.252 e. The van der Waals surface area contributed by atoms with E-state index in [-0.39, 0.29) is 5.15 Å². The van der Waals surface area contributed by atoms with Crippen LogP contribution in [0.15, 0.2) is 36.4 Å². The van der Waals surface area contributed by atoms with Crippen molar-refractivity contribution in [3.8, 4) is 0 Å². The van der Waals surface area contributed by atoms with Crippen molar-refractivity contribution in [1.29, 1.82) is 0 Å². The van der Waals surface area contributed by atoms with Crippen LogP contribution in [0.3, 0.4) is 0 Å². The van der Waals surface area contributed by atoms with Gasteiger partial charge in [-0.2, -0.15) is 0 Å². The molecule has 24 heavy (non-hydrogen) atoms. The maximum absolute atomic E-state index is 11.7. The van der Waals surface area contributed by atoms with Crippen molar-refractivity contribution >= 4 is 23.3 Å². The second-order valence-corrected chi connectivity index (χ2v) is 6.58. The number of hydrogen-bond donors (Lipinski definition) is 1. The number of rotatable bonds is 4. The molecule has 1 amide bonds. The number of aromatic nitrogens is 2. The minimum atomic E-state index is -0.528. The molecule has 0 radical (unpaired) electrons. The van der Waals surface area contributed by atoms with Crippen LogP contribution in [0, 0.1) is 5.92 Å². The minimum absolute atomic E-state index is 0.179. The van der Waals surface area contributed by atoms with E-state index in [9.17, 15) is 4.79 Å². The Balaban J connectivity index is 1.85. The Labute approximate surface area is 146 Å². The van der Waals surface area contributed by atoms with Gasteiger partial charge in [0.25, 0.3) is 5.91 Å². The summed E-state index contributed by atoms with van der Waals surface area (Å²) in [5.74, 6) is 1.01. The number of primary amides is 1. The number of nitrogens with two attached hydrogens (primary N) is 1. The van der Waals surface area contributed by atoms with Crippen molar-refractivity contribution in [3.63, 3.8) is 0 Å². The highest BCUT2D eigenvalue weighted by Gasteiger charge is 2.31. The summed E-state index contributed by atoms with van der Waals surface area (Å²) in [6.45, 7) is 3.84. The first-order valence-electron chi connectivity index (χ1n) is 8.23. The van der Waals surface area contributed by atoms with Crippen molar-refractivity contribution in [3.05, 3.63) is 52.7 Å². The molecule has 2 N–H and O–H groups in total. The predicted octanol–water partition coefficient (Wildman–Crippen LogP) is 3.25. The van der Waals surface area contributed by atoms with E-state index in [1.54, 1.807) is 0 Å². The van der Waals surface area contributed by atoms with E-state index >= 15 is 0 Å². The lowest BCUT2D eigenvalue weighted by Crippen LogP contribution is -2.41. The largest absolute Gasteiger partial charge is 0.365 e. The van der Waals surface area contributed by atoms with Crippen molar-refractivity contribution in [2.45, 2.75) is 25.7 Å². The number of amides is 1. The Morgan fingerprint density at radius 2 is 2.08 bits per heavy atom. The molecule has 0 bridgehead atoms. The number of anilines is 1. The fourth-order valence-electron chi connectivity index (χ4n) is 3.55. The number of piperidine rings is 1. The topological polar surface area (TPSA) is 72.1 Å². The third-order valence-electron chi connectivity index (χ3n) is 4.80. The average molecular weight is 345 g/mol. The quantitative estimate of drug-likeness (QED) is 0.924. The van der Waals surface area contributed by atoms with E-state index in [0.717, 1.165) is 25.9 Å². The molecule has 0 aliphatic carbocycles. The standard InChI is InChI=1S/C18H21ClN4O/c1-2-12-11-23(9-8-14(12)13-6-4-3-5-7-13)18-15(17(20)24)10-16(19)21-22-18/h3-7,10,12,14H,2,8-9,11H2,1H3,(H2,20,24). The highest BCUT2D eigenvalue weighted by molar-refractivity contribution is 6.29. The van der Waals surface area contributed by atoms with Gasteiger partial charge in [-0.05, 0) is 29.9 Å². The van der Waals surface area contributed by atoms with Crippen LogP contribution >= 0.6 is 11.6 Å². The van der Waals surface area contributed by atoms with Crippen molar-refractivity contribution < 1.29 is 4.79 Å². The molecule has 1 fully saturated rings. The van der Waals surface area contributed by atoms with Crippen LogP contribution in [0.5, 0.6) is 0 Å². The molecule has 6 heteroatoms. The molecule has 1 aliphatic rings. The summed E-state index contributed by atoms with van der Waals surface area (Å²) < 4.78 is 0. The van der Waals surface area contributed by atoms with Crippen LogP contribution in [0.1, 0.15) is 41.6 Å². The van der Waals surface area contributed by atoms with E-state index in [0.29, 0.717) is 23.2 Å². The Bertz CT molecular complexity index is 722. The molecular formula is C18H21ClN4O. The molecule has 0 saturated carbocycles. The summed E-state index contributed by atoms with van der Waals surface area (Å²) in [6, 6.07) is 12.1. The molecule has 2 unspecified atom stereocenters. The average Bonchev–Trinajstić information content (AvgIpc) is 2.61. The van der Waals surface area contributed by atoms with E-state index < -0.39 is 5.91 Å². The molecule has 1 saturated heterocycles. The molecular weight excluding hydrogens is 324 g/mol. The molecule has 1 aliphatic heterocycles. The lowest BCUT2D eigenvalue weighted by Gasteiger charge is -2.39. The summed E-state index contributed by atoms with van der Waals surface area (Å²) in [4.78, 5) is 13.8. The second-order valence-electron chi connectivity index (χ2n) is 6.19. The second kappa shape index (κ2) is 7.18. The van der Waals surface area contributed by atoms with Gasteiger partial charge >= 0.3 is 0 Å². The van der Waals surface area contributed by atoms with Gasteiger partial charge in [0.05, 0.1) is 5.56 Å². The molecule has 2 aromatic rings. The number of benzene rings is 1. The third kappa shape index (κ3) is 3.36. The Morgan fingerprint density at radius 1 is 1.33 bits per heavy atom. The molecule has 3 rings (SSSR count). The van der Waals surface area contributed by atoms with Crippen LogP contribution in [-0.2, 0) is 0 Å². The van der Waals surface area contributed by atoms with Gasteiger partial charge in [0, 0.05) is 13.1 Å². The Morgan fingerprint density at radius 3 is 2.75 bits per heavy atom. The van der Waals surface area contributed by atoms with E-state index in [2.05, 4.69) is 46.3 Å². The number of hydrogen-bond acceptors (Lipinski definition) is 4. The highest BCUT2D eigenvalue weighted by Crippen LogP contribution is 2.36. The monoisotopic (exact) mass is 344 g/mol. The van der Waals surface area contributed by atoms with Gasteiger partial charge in [0.2, 0.25) is 0 Å². The lowest BCUT2D eigenvalue weighted by molar-refractivity contribution is 0.1000. The first kappa shape index (κ1) is 16.7. The maximum Gasteiger partial charge on any atom is 0.252 e. The third-order valence-corrected chi connectivity index (χ3v) is 4.98. The van der Waals surface area contributed by atoms with E-state index in [4.69, 9.17) is 17.3 Å². The highest BCUT2D eigenvalue weighted by atomic mass is 35.5. The molecule has 1 aromatic carbocycles. The molecule has 2 heterocycles. The van der Waals surface area contributed by atoms with Gasteiger partial charge < -0.3 is 10.6 Å². The number of carbonyl (C=O) groups is 1. The van der Waals surface area contributed by atoms with Crippen LogP contribution in [-0.4, -0.2) is 29.2 Å². The van der Waals surface area contributed by atoms with Crippen LogP contribution in [0.25, 0.3) is 0 Å². The van der Waals surface area contributed by atoms with Gasteiger partial charge in [0.1, 0.15) is 0 Å². The number of halogens is 1. The van der Waals surface area contributed by atoms with Crippen LogP contribution in [0.4, 0.5) is 5.82 Å². The normalized spacial score (nSPS) is 20.8. The summed E-state index contributed by atoms with van der Waals surface area (Å²) in [7, 11) is 0. The number of carbonyl (C=O) groups excluding carboxylic acids is 1. The molecule has 5 nitrogen and oxygen atoms in total. The maximum atomic E-state index is 11.7. The summed E-state index contributed by atoms with van der Waals surface area (Å²) >= 11 is 5.86. The fraction of sp³-hybridized carbons (Fsp3) is 0.389. The minimum Gasteiger partial charge on any atom is -0.365 e. The van der Waals surface area contributed by atoms with Gasteiger partial charge in [-0.15, -0.1) is 10.2 Å². The zero-order chi connectivity index (χ0) is 17.1. The summed E-state index contributed by atoms with van der Waals surface area (Å²) in [6.07, 6.45) is 2.06. The SMILES string of the molecule is CCC1CN(c2nnc(Cl)cc2C(N)=O)CCC1c1ccccc1. The first-order valence-corrected chi connectivity index (χ1v) is 8.60.